The van der Waals surface area contributed by atoms with E-state index in [0.717, 1.165) is 11.1 Å². The Morgan fingerprint density at radius 3 is 0.889 bits per heavy atom. The average Bonchev–Trinajstić information content (AvgIpc) is 2.91. The molecule has 252 valence electrons. The predicted octanol–water partition coefficient (Wildman–Crippen LogP) is 9.93. The molecule has 4 aromatic rings. The van der Waals surface area contributed by atoms with Crippen molar-refractivity contribution in [1.29, 1.82) is 0 Å². The Hall–Kier alpha value is -3.68. The Morgan fingerprint density at radius 2 is 0.622 bits per heavy atom. The quantitative estimate of drug-likeness (QED) is 0.0714. The summed E-state index contributed by atoms with van der Waals surface area (Å²) in [6.45, 7) is 1.92. The SMILES string of the molecule is F[P-](F)(F)(F)(F)F.F[P-](F)(F)(F)(F)F.c1ccc(-c2cc[n+](OCCOCCO[n+]3ccc(-c4ccccc4)cc3)cc2)cc1. The zero-order chi connectivity index (χ0) is 34.0. The zero-order valence-electron chi connectivity index (χ0n) is 22.8. The number of halogens is 12. The predicted molar refractivity (Wildman–Crippen MR) is 145 cm³/mol. The largest absolute Gasteiger partial charge is 0.374 e. The third-order valence-electron chi connectivity index (χ3n) is 4.75. The summed E-state index contributed by atoms with van der Waals surface area (Å²) in [5.41, 5.74) is 4.68. The molecule has 0 atom stereocenters. The first-order valence-corrected chi connectivity index (χ1v) is 16.4. The van der Waals surface area contributed by atoms with Crippen LogP contribution in [-0.2, 0) is 4.74 Å². The van der Waals surface area contributed by atoms with Crippen LogP contribution in [0.4, 0.5) is 50.4 Å². The second-order valence-electron chi connectivity index (χ2n) is 8.82. The van der Waals surface area contributed by atoms with Gasteiger partial charge in [0.25, 0.3) is 0 Å². The van der Waals surface area contributed by atoms with E-state index < -0.39 is 15.6 Å². The maximum Gasteiger partial charge on any atom is 0.223 e. The first-order chi connectivity index (χ1) is 20.3. The molecule has 5 nitrogen and oxygen atoms in total. The molecule has 0 spiro atoms. The molecular weight excluding hydrogens is 678 g/mol. The van der Waals surface area contributed by atoms with E-state index in [2.05, 4.69) is 24.3 Å². The van der Waals surface area contributed by atoms with E-state index >= 15 is 0 Å². The first kappa shape index (κ1) is 37.5. The van der Waals surface area contributed by atoms with Crippen molar-refractivity contribution in [2.45, 2.75) is 0 Å². The van der Waals surface area contributed by atoms with Gasteiger partial charge in [-0.1, -0.05) is 60.7 Å². The minimum atomic E-state index is -10.7. The summed E-state index contributed by atoms with van der Waals surface area (Å²) in [6.07, 6.45) is 7.62. The summed E-state index contributed by atoms with van der Waals surface area (Å²) in [5.74, 6) is 0. The Bertz CT molecular complexity index is 1340. The summed E-state index contributed by atoms with van der Waals surface area (Å²) in [6, 6.07) is 28.7. The summed E-state index contributed by atoms with van der Waals surface area (Å²) in [5, 5.41) is 0. The molecule has 0 bridgehead atoms. The van der Waals surface area contributed by atoms with Gasteiger partial charge >= 0.3 is 66.0 Å². The molecule has 0 radical (unpaired) electrons. The second kappa shape index (κ2) is 13.0. The molecule has 2 aromatic heterocycles. The van der Waals surface area contributed by atoms with Gasteiger partial charge < -0.3 is 4.74 Å². The Kier molecular flexibility index (Phi) is 10.8. The number of benzene rings is 2. The molecule has 2 aromatic carbocycles. The maximum atomic E-state index is 9.87. The van der Waals surface area contributed by atoms with Crippen LogP contribution in [0.15, 0.2) is 110 Å². The molecule has 0 N–H and O–H groups in total. The molecule has 2 heterocycles. The summed E-state index contributed by atoms with van der Waals surface area (Å²) in [7, 11) is -21.3. The van der Waals surface area contributed by atoms with E-state index in [4.69, 9.17) is 14.4 Å². The standard InChI is InChI=1S/C26H26N2O3.2F6P/c1-3-7-23(8-4-1)25-11-15-27(16-12-25)30-21-19-29-20-22-31-28-17-13-26(14-18-28)24-9-5-2-6-10-24;2*1-7(2,3,4,5)6/h1-18H,19-22H2;;/q+2;2*-1. The summed E-state index contributed by atoms with van der Waals surface area (Å²) < 4.78 is 127. The number of hydrogen-bond donors (Lipinski definition) is 0. The van der Waals surface area contributed by atoms with Crippen LogP contribution < -0.4 is 19.1 Å². The van der Waals surface area contributed by atoms with Gasteiger partial charge in [-0.25, -0.2) is 0 Å². The molecule has 0 fully saturated rings. The van der Waals surface area contributed by atoms with Crippen molar-refractivity contribution in [2.24, 2.45) is 0 Å². The van der Waals surface area contributed by atoms with Gasteiger partial charge in [-0.3, -0.25) is 9.68 Å². The van der Waals surface area contributed by atoms with Crippen LogP contribution in [0.2, 0.25) is 0 Å². The van der Waals surface area contributed by atoms with Gasteiger partial charge in [-0.2, -0.15) is 0 Å². The van der Waals surface area contributed by atoms with E-state index in [9.17, 15) is 50.4 Å². The van der Waals surface area contributed by atoms with Crippen LogP contribution in [0.5, 0.6) is 0 Å². The Morgan fingerprint density at radius 1 is 0.378 bits per heavy atom. The molecule has 0 amide bonds. The zero-order valence-corrected chi connectivity index (χ0v) is 24.6. The van der Waals surface area contributed by atoms with Crippen LogP contribution in [0.3, 0.4) is 0 Å². The van der Waals surface area contributed by atoms with Gasteiger partial charge in [0, 0.05) is 33.7 Å². The average molecular weight is 704 g/mol. The van der Waals surface area contributed by atoms with Crippen molar-refractivity contribution in [3.05, 3.63) is 110 Å². The van der Waals surface area contributed by atoms with Crippen molar-refractivity contribution in [1.82, 2.24) is 0 Å². The molecule has 45 heavy (non-hydrogen) atoms. The molecule has 0 aliphatic rings. The molecule has 0 unspecified atom stereocenters. The topological polar surface area (TPSA) is 35.5 Å². The fraction of sp³-hybridized carbons (Fsp3) is 0.154. The second-order valence-corrected chi connectivity index (χ2v) is 12.7. The Labute approximate surface area is 248 Å². The summed E-state index contributed by atoms with van der Waals surface area (Å²) >= 11 is 0. The van der Waals surface area contributed by atoms with E-state index in [1.165, 1.54) is 11.1 Å². The number of aromatic nitrogens is 2. The van der Waals surface area contributed by atoms with Crippen molar-refractivity contribution < 1.29 is 74.2 Å². The van der Waals surface area contributed by atoms with E-state index in [1.54, 1.807) is 9.46 Å². The van der Waals surface area contributed by atoms with Crippen LogP contribution in [0.25, 0.3) is 22.3 Å². The van der Waals surface area contributed by atoms with Crippen LogP contribution >= 0.6 is 15.6 Å². The monoisotopic (exact) mass is 704 g/mol. The fourth-order valence-electron chi connectivity index (χ4n) is 3.15. The molecular formula is C26H26F12N2O3P2. The minimum absolute atomic E-state index is 0.467. The van der Waals surface area contributed by atoms with E-state index in [-0.39, 0.29) is 0 Å². The number of pyridine rings is 2. The van der Waals surface area contributed by atoms with Crippen LogP contribution in [0, 0.1) is 0 Å². The number of hydrogen-bond acceptors (Lipinski definition) is 3. The van der Waals surface area contributed by atoms with Crippen molar-refractivity contribution in [3.63, 3.8) is 0 Å². The third-order valence-corrected chi connectivity index (χ3v) is 4.75. The van der Waals surface area contributed by atoms with Gasteiger partial charge in [0.15, 0.2) is 13.2 Å². The molecule has 0 aliphatic heterocycles. The summed E-state index contributed by atoms with van der Waals surface area (Å²) in [4.78, 5) is 11.3. The Balaban J connectivity index is 0.000000421. The van der Waals surface area contributed by atoms with Crippen molar-refractivity contribution in [3.8, 4) is 22.3 Å². The molecule has 0 saturated carbocycles. The van der Waals surface area contributed by atoms with Crippen molar-refractivity contribution in [2.75, 3.05) is 26.4 Å². The number of nitrogens with zero attached hydrogens (tertiary/aromatic N) is 2. The van der Waals surface area contributed by atoms with E-state index in [1.807, 2.05) is 85.5 Å². The van der Waals surface area contributed by atoms with Crippen molar-refractivity contribution >= 4 is 15.6 Å². The van der Waals surface area contributed by atoms with Gasteiger partial charge in [-0.15, -0.1) is 0 Å². The number of ether oxygens (including phenoxy) is 1. The van der Waals surface area contributed by atoms with Gasteiger partial charge in [0.2, 0.25) is 24.8 Å². The van der Waals surface area contributed by atoms with Crippen LogP contribution in [0.1, 0.15) is 0 Å². The normalized spacial score (nSPS) is 14.5. The fourth-order valence-corrected chi connectivity index (χ4v) is 3.15. The van der Waals surface area contributed by atoms with Gasteiger partial charge in [0.1, 0.15) is 0 Å². The molecule has 4 rings (SSSR count). The molecule has 0 aliphatic carbocycles. The van der Waals surface area contributed by atoms with Gasteiger partial charge in [-0.05, 0) is 22.3 Å². The first-order valence-electron chi connectivity index (χ1n) is 12.4. The number of rotatable bonds is 10. The molecule has 0 saturated heterocycles. The molecule has 19 heteroatoms. The minimum Gasteiger partial charge on any atom is -0.374 e. The maximum absolute atomic E-state index is 10.7. The van der Waals surface area contributed by atoms with E-state index in [0.29, 0.717) is 26.4 Å². The smallest absolute Gasteiger partial charge is 0.223 e. The van der Waals surface area contributed by atoms with Crippen LogP contribution in [-0.4, -0.2) is 26.4 Å². The third kappa shape index (κ3) is 23.4. The van der Waals surface area contributed by atoms with Gasteiger partial charge in [0.05, 0.1) is 13.2 Å².